The van der Waals surface area contributed by atoms with E-state index in [1.54, 1.807) is 18.5 Å². The number of nitrogens with zero attached hydrogens (tertiary/aromatic N) is 4. The molecule has 174 valence electrons. The topological polar surface area (TPSA) is 104 Å². The van der Waals surface area contributed by atoms with Gasteiger partial charge in [-0.05, 0) is 31.9 Å². The van der Waals surface area contributed by atoms with Crippen LogP contribution in [-0.2, 0) is 11.3 Å². The van der Waals surface area contributed by atoms with E-state index < -0.39 is 0 Å². The lowest BCUT2D eigenvalue weighted by Gasteiger charge is -2.24. The molecule has 0 saturated carbocycles. The van der Waals surface area contributed by atoms with Crippen molar-refractivity contribution in [1.82, 2.24) is 19.9 Å². The van der Waals surface area contributed by atoms with E-state index in [4.69, 9.17) is 0 Å². The Hall–Kier alpha value is -3.47. The van der Waals surface area contributed by atoms with Gasteiger partial charge in [-0.2, -0.15) is 0 Å². The Labute approximate surface area is 195 Å². The second-order valence-corrected chi connectivity index (χ2v) is 8.69. The third kappa shape index (κ3) is 4.68. The summed E-state index contributed by atoms with van der Waals surface area (Å²) in [6, 6.07) is 5.46. The highest BCUT2D eigenvalue weighted by Gasteiger charge is 2.23. The summed E-state index contributed by atoms with van der Waals surface area (Å²) in [5.41, 5.74) is 2.11. The summed E-state index contributed by atoms with van der Waals surface area (Å²) in [5.74, 6) is -0.602. The monoisotopic (exact) mass is 471 g/mol. The number of rotatable bonds is 7. The molecule has 3 N–H and O–H groups in total. The molecule has 1 atom stereocenters. The molecule has 0 spiro atoms. The fourth-order valence-electron chi connectivity index (χ4n) is 4.01. The molecule has 4 rings (SSSR count). The maximum Gasteiger partial charge on any atom is 0.271 e. The highest BCUT2D eigenvalue weighted by atomic mass is 32.1. The second-order valence-electron chi connectivity index (χ2n) is 7.84. The van der Waals surface area contributed by atoms with Crippen LogP contribution in [0.3, 0.4) is 0 Å². The van der Waals surface area contributed by atoms with Crippen LogP contribution in [-0.4, -0.2) is 53.0 Å². The summed E-state index contributed by atoms with van der Waals surface area (Å²) in [4.78, 5) is 35.3. The molecule has 33 heavy (non-hydrogen) atoms. The minimum absolute atomic E-state index is 0.107. The number of thiazole rings is 1. The molecule has 2 amide bonds. The van der Waals surface area contributed by atoms with Gasteiger partial charge in [0.05, 0.1) is 17.7 Å². The van der Waals surface area contributed by atoms with Crippen LogP contribution in [0.1, 0.15) is 30.3 Å². The number of amides is 2. The summed E-state index contributed by atoms with van der Waals surface area (Å²) < 4.78 is 16.3. The van der Waals surface area contributed by atoms with Crippen molar-refractivity contribution in [2.75, 3.05) is 36.2 Å². The first-order valence-electron chi connectivity index (χ1n) is 10.7. The maximum absolute atomic E-state index is 14.8. The van der Waals surface area contributed by atoms with E-state index in [1.165, 1.54) is 35.3 Å². The Morgan fingerprint density at radius 3 is 2.79 bits per heavy atom. The number of carbonyl (C=O) groups excluding carboxylic acids is 2. The van der Waals surface area contributed by atoms with E-state index in [2.05, 4.69) is 37.7 Å². The van der Waals surface area contributed by atoms with Crippen molar-refractivity contribution >= 4 is 39.8 Å². The maximum atomic E-state index is 14.8. The zero-order valence-electron chi connectivity index (χ0n) is 18.7. The van der Waals surface area contributed by atoms with Gasteiger partial charge in [0.25, 0.3) is 5.91 Å². The number of imidazole rings is 1. The first-order chi connectivity index (χ1) is 15.9. The Kier molecular flexibility index (Phi) is 6.59. The van der Waals surface area contributed by atoms with Crippen molar-refractivity contribution in [2.45, 2.75) is 32.4 Å². The lowest BCUT2D eigenvalue weighted by atomic mass is 10.1. The molecule has 1 fully saturated rings. The largest absolute Gasteiger partial charge is 0.371 e. The highest BCUT2D eigenvalue weighted by molar-refractivity contribution is 7.14. The quantitative estimate of drug-likeness (QED) is 0.489. The lowest BCUT2D eigenvalue weighted by molar-refractivity contribution is -0.116. The van der Waals surface area contributed by atoms with Crippen LogP contribution in [0.4, 0.5) is 21.0 Å². The van der Waals surface area contributed by atoms with Crippen molar-refractivity contribution in [3.8, 4) is 11.3 Å². The van der Waals surface area contributed by atoms with Crippen LogP contribution in [0.25, 0.3) is 11.3 Å². The standard InChI is InChI=1S/C22H26FN7O2S/c1-13-5-4-8-30(13)17-7-6-14(9-15(17)23)16-11-33-22(27-16)28-18(31)10-29-12-26-20(24-2)19(29)21(32)25-3/h6-7,9,11-13,24H,4-5,8,10H2,1-3H3,(H,25,32)(H,27,28,31)/t13-/m0/s1. The first kappa shape index (κ1) is 22.7. The molecule has 0 radical (unpaired) electrons. The summed E-state index contributed by atoms with van der Waals surface area (Å²) in [7, 11) is 3.16. The van der Waals surface area contributed by atoms with Crippen molar-refractivity contribution < 1.29 is 14.0 Å². The summed E-state index contributed by atoms with van der Waals surface area (Å²) in [5, 5.41) is 10.3. The van der Waals surface area contributed by atoms with Crippen molar-refractivity contribution in [3.63, 3.8) is 0 Å². The predicted molar refractivity (Wildman–Crippen MR) is 127 cm³/mol. The van der Waals surface area contributed by atoms with E-state index in [0.29, 0.717) is 33.9 Å². The van der Waals surface area contributed by atoms with Gasteiger partial charge in [-0.25, -0.2) is 14.4 Å². The average molecular weight is 472 g/mol. The van der Waals surface area contributed by atoms with Gasteiger partial charge in [0.1, 0.15) is 12.4 Å². The van der Waals surface area contributed by atoms with Crippen LogP contribution in [0.2, 0.25) is 0 Å². The molecule has 11 heteroatoms. The molecule has 2 aromatic heterocycles. The molecular weight excluding hydrogens is 445 g/mol. The average Bonchev–Trinajstić information content (AvgIpc) is 3.53. The molecule has 9 nitrogen and oxygen atoms in total. The predicted octanol–water partition coefficient (Wildman–Crippen LogP) is 3.17. The molecule has 1 aliphatic rings. The van der Waals surface area contributed by atoms with E-state index in [9.17, 15) is 14.0 Å². The van der Waals surface area contributed by atoms with Crippen molar-refractivity contribution in [3.05, 3.63) is 41.4 Å². The molecule has 1 saturated heterocycles. The number of carbonyl (C=O) groups is 2. The van der Waals surface area contributed by atoms with Gasteiger partial charge in [-0.1, -0.05) is 6.07 Å². The zero-order chi connectivity index (χ0) is 23.5. The van der Waals surface area contributed by atoms with Gasteiger partial charge in [-0.3, -0.25) is 9.59 Å². The number of benzene rings is 1. The van der Waals surface area contributed by atoms with Gasteiger partial charge in [0.2, 0.25) is 5.91 Å². The molecule has 0 aliphatic carbocycles. The smallest absolute Gasteiger partial charge is 0.271 e. The van der Waals surface area contributed by atoms with Gasteiger partial charge in [0, 0.05) is 37.6 Å². The van der Waals surface area contributed by atoms with Crippen LogP contribution >= 0.6 is 11.3 Å². The van der Waals surface area contributed by atoms with Gasteiger partial charge < -0.3 is 25.4 Å². The summed E-state index contributed by atoms with van der Waals surface area (Å²) in [6.45, 7) is 2.86. The summed E-state index contributed by atoms with van der Waals surface area (Å²) in [6.07, 6.45) is 3.56. The molecular formula is C22H26FN7O2S. The Balaban J connectivity index is 1.45. The number of hydrogen-bond donors (Lipinski definition) is 3. The lowest BCUT2D eigenvalue weighted by Crippen LogP contribution is -2.27. The number of nitrogens with one attached hydrogen (secondary N) is 3. The number of anilines is 3. The van der Waals surface area contributed by atoms with Gasteiger partial charge >= 0.3 is 0 Å². The third-order valence-corrected chi connectivity index (χ3v) is 6.44. The van der Waals surface area contributed by atoms with Crippen molar-refractivity contribution in [2.24, 2.45) is 0 Å². The van der Waals surface area contributed by atoms with Crippen LogP contribution in [0.5, 0.6) is 0 Å². The Morgan fingerprint density at radius 1 is 1.30 bits per heavy atom. The third-order valence-electron chi connectivity index (χ3n) is 5.69. The number of hydrogen-bond acceptors (Lipinski definition) is 7. The summed E-state index contributed by atoms with van der Waals surface area (Å²) >= 11 is 1.25. The minimum atomic E-state index is -0.356. The SMILES string of the molecule is CNC(=O)c1c(NC)ncn1CC(=O)Nc1nc(-c2ccc(N3CCC[C@@H]3C)c(F)c2)cs1. The Bertz CT molecular complexity index is 1180. The van der Waals surface area contributed by atoms with E-state index in [1.807, 2.05) is 6.07 Å². The molecule has 1 aliphatic heterocycles. The highest BCUT2D eigenvalue weighted by Crippen LogP contribution is 2.32. The van der Waals surface area contributed by atoms with Crippen molar-refractivity contribution in [1.29, 1.82) is 0 Å². The fraction of sp³-hybridized carbons (Fsp3) is 0.364. The van der Waals surface area contributed by atoms with E-state index in [-0.39, 0.29) is 29.9 Å². The molecule has 3 heterocycles. The van der Waals surface area contributed by atoms with Crippen LogP contribution in [0.15, 0.2) is 29.9 Å². The molecule has 1 aromatic carbocycles. The van der Waals surface area contributed by atoms with Crippen LogP contribution < -0.4 is 20.9 Å². The normalized spacial score (nSPS) is 15.5. The van der Waals surface area contributed by atoms with E-state index >= 15 is 0 Å². The second kappa shape index (κ2) is 9.57. The number of aromatic nitrogens is 3. The fourth-order valence-corrected chi connectivity index (χ4v) is 4.74. The Morgan fingerprint density at radius 2 is 2.12 bits per heavy atom. The molecule has 3 aromatic rings. The van der Waals surface area contributed by atoms with Gasteiger partial charge in [0.15, 0.2) is 16.6 Å². The van der Waals surface area contributed by atoms with Crippen LogP contribution in [0, 0.1) is 5.82 Å². The zero-order valence-corrected chi connectivity index (χ0v) is 19.5. The van der Waals surface area contributed by atoms with Gasteiger partial charge in [-0.15, -0.1) is 11.3 Å². The first-order valence-corrected chi connectivity index (χ1v) is 11.6. The van der Waals surface area contributed by atoms with E-state index in [0.717, 1.165) is 19.4 Å². The number of halogens is 1. The minimum Gasteiger partial charge on any atom is -0.371 e. The molecule has 0 bridgehead atoms. The molecule has 0 unspecified atom stereocenters.